The van der Waals surface area contributed by atoms with Gasteiger partial charge in [-0.15, -0.1) is 0 Å². The molecule has 0 saturated heterocycles. The summed E-state index contributed by atoms with van der Waals surface area (Å²) in [5.41, 5.74) is 18.8. The Morgan fingerprint density at radius 3 is 1.00 bits per heavy atom. The third-order valence-corrected chi connectivity index (χ3v) is 16.7. The summed E-state index contributed by atoms with van der Waals surface area (Å²) >= 11 is 0. The summed E-state index contributed by atoms with van der Waals surface area (Å²) in [6.45, 7) is 0. The summed E-state index contributed by atoms with van der Waals surface area (Å²) in [4.78, 5) is 0. The molecule has 366 valence electrons. The van der Waals surface area contributed by atoms with Crippen molar-refractivity contribution < 1.29 is 4.42 Å². The van der Waals surface area contributed by atoms with Gasteiger partial charge in [-0.05, 0) is 149 Å². The molecule has 0 aliphatic carbocycles. The molecular weight excluding hydrogens is 953 g/mol. The topological polar surface area (TPSA) is 13.1 Å². The second-order valence-corrected chi connectivity index (χ2v) is 20.9. The van der Waals surface area contributed by atoms with E-state index in [9.17, 15) is 0 Å². The predicted octanol–water partition coefficient (Wildman–Crippen LogP) is 22.2. The van der Waals surface area contributed by atoms with E-state index in [1.54, 1.807) is 0 Å². The van der Waals surface area contributed by atoms with Crippen LogP contribution in [-0.4, -0.2) is 0 Å². The average Bonchev–Trinajstić information content (AvgIpc) is 4.12. The van der Waals surface area contributed by atoms with E-state index in [0.29, 0.717) is 0 Å². The van der Waals surface area contributed by atoms with Gasteiger partial charge in [0.1, 0.15) is 11.2 Å². The number of para-hydroxylation sites is 2. The molecule has 0 aliphatic rings. The van der Waals surface area contributed by atoms with Crippen LogP contribution < -0.4 is 0 Å². The molecule has 1 heteroatoms. The van der Waals surface area contributed by atoms with Crippen molar-refractivity contribution >= 4 is 86.6 Å². The second-order valence-electron chi connectivity index (χ2n) is 20.9. The lowest BCUT2D eigenvalue weighted by atomic mass is 9.83. The summed E-state index contributed by atoms with van der Waals surface area (Å²) in [7, 11) is 0. The highest BCUT2D eigenvalue weighted by Crippen LogP contribution is 2.50. The van der Waals surface area contributed by atoms with Crippen molar-refractivity contribution in [3.05, 3.63) is 291 Å². The molecule has 15 aromatic carbocycles. The number of rotatable bonds is 7. The minimum atomic E-state index is 0.906. The van der Waals surface area contributed by atoms with Gasteiger partial charge in [0, 0.05) is 16.3 Å². The Morgan fingerprint density at radius 1 is 0.165 bits per heavy atom. The van der Waals surface area contributed by atoms with Crippen LogP contribution in [0.2, 0.25) is 0 Å². The van der Waals surface area contributed by atoms with E-state index in [4.69, 9.17) is 4.42 Å². The lowest BCUT2D eigenvalue weighted by Gasteiger charge is -2.20. The first-order valence-corrected chi connectivity index (χ1v) is 27.3. The van der Waals surface area contributed by atoms with E-state index in [0.717, 1.165) is 33.1 Å². The summed E-state index contributed by atoms with van der Waals surface area (Å²) in [6, 6.07) is 107. The fraction of sp³-hybridized carbons (Fsp3) is 0. The normalized spacial score (nSPS) is 11.8. The van der Waals surface area contributed by atoms with E-state index in [-0.39, 0.29) is 0 Å². The molecule has 0 atom stereocenters. The maximum absolute atomic E-state index is 6.55. The predicted molar refractivity (Wildman–Crippen MR) is 337 cm³/mol. The highest BCUT2D eigenvalue weighted by molar-refractivity contribution is 6.26. The van der Waals surface area contributed by atoms with Gasteiger partial charge >= 0.3 is 0 Å². The minimum Gasteiger partial charge on any atom is -0.455 e. The fourth-order valence-corrected chi connectivity index (χ4v) is 13.2. The SMILES string of the molecule is c1ccc(-c2ccc(-c3c4ccccc4c(-c4ccc(-c5ccc(-c6c7ccccc7c(-c7cccc(-c8cccc9c8oc8ccccc89)c7)c7ccccc67)c6ccccc56)cc4)c4ccccc34)c3ccccc23)cc1. The van der Waals surface area contributed by atoms with Gasteiger partial charge in [0.2, 0.25) is 0 Å². The molecule has 0 spiro atoms. The number of furan rings is 1. The van der Waals surface area contributed by atoms with Crippen molar-refractivity contribution in [3.63, 3.8) is 0 Å². The largest absolute Gasteiger partial charge is 0.455 e. The van der Waals surface area contributed by atoms with E-state index in [1.807, 2.05) is 6.07 Å². The molecule has 0 bridgehead atoms. The molecule has 0 N–H and O–H groups in total. The number of benzene rings is 15. The average molecular weight is 1000 g/mol. The van der Waals surface area contributed by atoms with Gasteiger partial charge in [-0.1, -0.05) is 279 Å². The first-order chi connectivity index (χ1) is 39.2. The Hall–Kier alpha value is -10.3. The summed E-state index contributed by atoms with van der Waals surface area (Å²) in [5, 5.41) is 17.1. The minimum absolute atomic E-state index is 0.906. The zero-order valence-electron chi connectivity index (χ0n) is 43.1. The van der Waals surface area contributed by atoms with Gasteiger partial charge < -0.3 is 4.42 Å². The van der Waals surface area contributed by atoms with Crippen molar-refractivity contribution in [1.29, 1.82) is 0 Å². The molecule has 1 aromatic heterocycles. The molecule has 0 amide bonds. The molecule has 1 nitrogen and oxygen atoms in total. The van der Waals surface area contributed by atoms with E-state index in [2.05, 4.69) is 285 Å². The molecule has 0 radical (unpaired) electrons. The van der Waals surface area contributed by atoms with Crippen LogP contribution in [-0.2, 0) is 0 Å². The lowest BCUT2D eigenvalue weighted by molar-refractivity contribution is 0.670. The molecule has 0 aliphatic heterocycles. The summed E-state index contributed by atoms with van der Waals surface area (Å²) in [6.07, 6.45) is 0. The van der Waals surface area contributed by atoms with E-state index in [1.165, 1.54) is 131 Å². The van der Waals surface area contributed by atoms with Crippen LogP contribution in [0.15, 0.2) is 296 Å². The Balaban J connectivity index is 0.817. The van der Waals surface area contributed by atoms with Crippen molar-refractivity contribution in [3.8, 4) is 77.9 Å². The second kappa shape index (κ2) is 18.2. The van der Waals surface area contributed by atoms with Crippen molar-refractivity contribution in [2.45, 2.75) is 0 Å². The molecule has 16 rings (SSSR count). The highest BCUT2D eigenvalue weighted by atomic mass is 16.3. The fourth-order valence-electron chi connectivity index (χ4n) is 13.2. The Bertz CT molecular complexity index is 5000. The summed E-state index contributed by atoms with van der Waals surface area (Å²) < 4.78 is 6.55. The Morgan fingerprint density at radius 2 is 0.494 bits per heavy atom. The number of fused-ring (bicyclic) bond motifs is 9. The molecule has 0 unspecified atom stereocenters. The molecule has 0 saturated carbocycles. The van der Waals surface area contributed by atoms with Gasteiger partial charge in [-0.3, -0.25) is 0 Å². The van der Waals surface area contributed by atoms with Crippen LogP contribution in [0.5, 0.6) is 0 Å². The van der Waals surface area contributed by atoms with Gasteiger partial charge in [-0.2, -0.15) is 0 Å². The Labute approximate surface area is 457 Å². The molecule has 79 heavy (non-hydrogen) atoms. The van der Waals surface area contributed by atoms with E-state index < -0.39 is 0 Å². The molecule has 0 fully saturated rings. The van der Waals surface area contributed by atoms with Gasteiger partial charge in [-0.25, -0.2) is 0 Å². The third-order valence-electron chi connectivity index (χ3n) is 16.7. The number of hydrogen-bond donors (Lipinski definition) is 0. The zero-order chi connectivity index (χ0) is 52.0. The van der Waals surface area contributed by atoms with Crippen LogP contribution in [0.3, 0.4) is 0 Å². The van der Waals surface area contributed by atoms with Gasteiger partial charge in [0.25, 0.3) is 0 Å². The van der Waals surface area contributed by atoms with Crippen molar-refractivity contribution in [2.75, 3.05) is 0 Å². The quantitative estimate of drug-likeness (QED) is 0.145. The van der Waals surface area contributed by atoms with E-state index >= 15 is 0 Å². The summed E-state index contributed by atoms with van der Waals surface area (Å²) in [5.74, 6) is 0. The van der Waals surface area contributed by atoms with Crippen LogP contribution in [0.4, 0.5) is 0 Å². The van der Waals surface area contributed by atoms with Crippen LogP contribution in [0.25, 0.3) is 164 Å². The molecule has 16 aromatic rings. The lowest BCUT2D eigenvalue weighted by Crippen LogP contribution is -1.93. The van der Waals surface area contributed by atoms with Gasteiger partial charge in [0.15, 0.2) is 0 Å². The third kappa shape index (κ3) is 7.10. The Kier molecular flexibility index (Phi) is 10.3. The van der Waals surface area contributed by atoms with Crippen LogP contribution in [0, 0.1) is 0 Å². The number of hydrogen-bond acceptors (Lipinski definition) is 1. The first-order valence-electron chi connectivity index (χ1n) is 27.3. The standard InChI is InChI=1S/C78H48O/c1-2-20-49(21-3-1)54-44-46-70(59-26-6-4-24-57(54)59)76-66-33-12-8-29-62(66)74(63-30-9-13-34-67(63)76)51-42-40-50(41-43-51)55-45-47-71(60-27-7-5-25-58(55)60)77-68-35-14-10-31-64(68)75(65-32-11-15-36-69(65)77)53-23-18-22-52(48-53)56-37-19-38-72-61-28-16-17-39-73(61)79-78(56)72/h1-48H. The van der Waals surface area contributed by atoms with Gasteiger partial charge in [0.05, 0.1) is 0 Å². The van der Waals surface area contributed by atoms with Crippen LogP contribution in [0.1, 0.15) is 0 Å². The monoisotopic (exact) mass is 1000 g/mol. The van der Waals surface area contributed by atoms with Crippen molar-refractivity contribution in [1.82, 2.24) is 0 Å². The molecule has 1 heterocycles. The van der Waals surface area contributed by atoms with Crippen molar-refractivity contribution in [2.24, 2.45) is 0 Å². The molecular formula is C78H48O. The maximum atomic E-state index is 6.55. The zero-order valence-corrected chi connectivity index (χ0v) is 43.1. The first kappa shape index (κ1) is 44.9. The maximum Gasteiger partial charge on any atom is 0.143 e. The smallest absolute Gasteiger partial charge is 0.143 e. The highest BCUT2D eigenvalue weighted by Gasteiger charge is 2.22. The van der Waals surface area contributed by atoms with Crippen LogP contribution >= 0.6 is 0 Å².